The number of carbonyl (C=O) groups is 2. The van der Waals surface area contributed by atoms with E-state index in [1.165, 1.54) is 0 Å². The lowest BCUT2D eigenvalue weighted by atomic mass is 10.2. The summed E-state index contributed by atoms with van der Waals surface area (Å²) in [6.07, 6.45) is 0. The topological polar surface area (TPSA) is 70.7 Å². The predicted octanol–water partition coefficient (Wildman–Crippen LogP) is 1.55. The van der Waals surface area contributed by atoms with E-state index >= 15 is 0 Å². The van der Waals surface area contributed by atoms with E-state index < -0.39 is 0 Å². The van der Waals surface area contributed by atoms with Gasteiger partial charge in [-0.3, -0.25) is 9.59 Å². The van der Waals surface area contributed by atoms with Gasteiger partial charge in [-0.25, -0.2) is 0 Å². The first-order valence-electron chi connectivity index (χ1n) is 7.56. The van der Waals surface area contributed by atoms with E-state index in [1.807, 2.05) is 38.1 Å². The summed E-state index contributed by atoms with van der Waals surface area (Å²) >= 11 is 0. The molecule has 120 valence electrons. The van der Waals surface area contributed by atoms with Crippen LogP contribution in [-0.2, 0) is 14.3 Å². The van der Waals surface area contributed by atoms with Crippen LogP contribution >= 0.6 is 0 Å². The standard InChI is InChI=1S/C16H23N3O3/c1-12(2)16(21)18-14-5-3-4-13(10-14)17-11-15(20)19-6-8-22-9-7-19/h3-5,10,12,17H,6-9,11H2,1-2H3,(H,18,21). The molecule has 2 amide bonds. The fourth-order valence-electron chi connectivity index (χ4n) is 2.10. The smallest absolute Gasteiger partial charge is 0.242 e. The number of hydrogen-bond acceptors (Lipinski definition) is 4. The quantitative estimate of drug-likeness (QED) is 0.866. The van der Waals surface area contributed by atoms with Crippen LogP contribution < -0.4 is 10.6 Å². The Morgan fingerprint density at radius 1 is 1.23 bits per heavy atom. The highest BCUT2D eigenvalue weighted by Crippen LogP contribution is 2.16. The number of hydrogen-bond donors (Lipinski definition) is 2. The van der Waals surface area contributed by atoms with Crippen LogP contribution in [0.1, 0.15) is 13.8 Å². The fourth-order valence-corrected chi connectivity index (χ4v) is 2.10. The summed E-state index contributed by atoms with van der Waals surface area (Å²) in [6.45, 7) is 6.42. The van der Waals surface area contributed by atoms with Crippen molar-refractivity contribution in [1.29, 1.82) is 0 Å². The molecular formula is C16H23N3O3. The predicted molar refractivity (Wildman–Crippen MR) is 85.8 cm³/mol. The molecule has 1 fully saturated rings. The molecule has 1 aliphatic heterocycles. The highest BCUT2D eigenvalue weighted by atomic mass is 16.5. The first-order chi connectivity index (χ1) is 10.6. The van der Waals surface area contributed by atoms with Crippen molar-refractivity contribution in [2.24, 2.45) is 5.92 Å². The second-order valence-electron chi connectivity index (χ2n) is 5.57. The Hall–Kier alpha value is -2.08. The Labute approximate surface area is 130 Å². The lowest BCUT2D eigenvalue weighted by Gasteiger charge is -2.27. The number of ether oxygens (including phenoxy) is 1. The van der Waals surface area contributed by atoms with Gasteiger partial charge in [0.2, 0.25) is 11.8 Å². The van der Waals surface area contributed by atoms with E-state index in [-0.39, 0.29) is 24.3 Å². The SMILES string of the molecule is CC(C)C(=O)Nc1cccc(NCC(=O)N2CCOCC2)c1. The molecule has 0 unspecified atom stereocenters. The van der Waals surface area contributed by atoms with Gasteiger partial charge in [-0.15, -0.1) is 0 Å². The second-order valence-corrected chi connectivity index (χ2v) is 5.57. The molecule has 6 nitrogen and oxygen atoms in total. The lowest BCUT2D eigenvalue weighted by Crippen LogP contribution is -2.43. The van der Waals surface area contributed by atoms with E-state index in [2.05, 4.69) is 10.6 Å². The number of nitrogens with one attached hydrogen (secondary N) is 2. The molecule has 0 saturated carbocycles. The van der Waals surface area contributed by atoms with Crippen LogP contribution in [0.25, 0.3) is 0 Å². The van der Waals surface area contributed by atoms with Gasteiger partial charge in [-0.05, 0) is 18.2 Å². The summed E-state index contributed by atoms with van der Waals surface area (Å²) in [7, 11) is 0. The van der Waals surface area contributed by atoms with Gasteiger partial charge in [0.15, 0.2) is 0 Å². The van der Waals surface area contributed by atoms with E-state index in [4.69, 9.17) is 4.74 Å². The first-order valence-corrected chi connectivity index (χ1v) is 7.56. The molecule has 0 aliphatic carbocycles. The van der Waals surface area contributed by atoms with Crippen molar-refractivity contribution < 1.29 is 14.3 Å². The van der Waals surface area contributed by atoms with Gasteiger partial charge in [0.05, 0.1) is 19.8 Å². The van der Waals surface area contributed by atoms with Crippen LogP contribution in [0.2, 0.25) is 0 Å². The normalized spacial score (nSPS) is 14.8. The number of amides is 2. The minimum Gasteiger partial charge on any atom is -0.378 e. The Bertz CT molecular complexity index is 525. The molecule has 0 radical (unpaired) electrons. The number of rotatable bonds is 5. The zero-order chi connectivity index (χ0) is 15.9. The van der Waals surface area contributed by atoms with E-state index in [0.29, 0.717) is 26.3 Å². The summed E-state index contributed by atoms with van der Waals surface area (Å²) in [5.41, 5.74) is 1.53. The third-order valence-corrected chi connectivity index (χ3v) is 3.46. The Morgan fingerprint density at radius 2 is 1.91 bits per heavy atom. The molecule has 2 rings (SSSR count). The van der Waals surface area contributed by atoms with E-state index in [1.54, 1.807) is 4.90 Å². The van der Waals surface area contributed by atoms with Crippen molar-refractivity contribution in [2.75, 3.05) is 43.5 Å². The molecule has 1 aliphatic rings. The average Bonchev–Trinajstić information content (AvgIpc) is 2.53. The van der Waals surface area contributed by atoms with Crippen molar-refractivity contribution in [2.45, 2.75) is 13.8 Å². The molecule has 1 heterocycles. The van der Waals surface area contributed by atoms with Crippen LogP contribution in [0.3, 0.4) is 0 Å². The Balaban J connectivity index is 1.87. The third-order valence-electron chi connectivity index (χ3n) is 3.46. The highest BCUT2D eigenvalue weighted by molar-refractivity contribution is 5.92. The third kappa shape index (κ3) is 4.73. The monoisotopic (exact) mass is 305 g/mol. The summed E-state index contributed by atoms with van der Waals surface area (Å²) < 4.78 is 5.23. The minimum atomic E-state index is -0.0699. The number of nitrogens with zero attached hydrogens (tertiary/aromatic N) is 1. The molecule has 1 saturated heterocycles. The molecule has 0 aromatic heterocycles. The van der Waals surface area contributed by atoms with Crippen molar-refractivity contribution >= 4 is 23.2 Å². The van der Waals surface area contributed by atoms with Crippen molar-refractivity contribution in [1.82, 2.24) is 4.90 Å². The Morgan fingerprint density at radius 3 is 2.59 bits per heavy atom. The molecule has 1 aromatic carbocycles. The number of anilines is 2. The maximum Gasteiger partial charge on any atom is 0.242 e. The average molecular weight is 305 g/mol. The maximum atomic E-state index is 12.1. The van der Waals surface area contributed by atoms with Crippen LogP contribution in [0.4, 0.5) is 11.4 Å². The zero-order valence-corrected chi connectivity index (χ0v) is 13.1. The van der Waals surface area contributed by atoms with Crippen molar-refractivity contribution in [3.8, 4) is 0 Å². The zero-order valence-electron chi connectivity index (χ0n) is 13.1. The summed E-state index contributed by atoms with van der Waals surface area (Å²) in [4.78, 5) is 25.5. The number of carbonyl (C=O) groups excluding carboxylic acids is 2. The molecule has 6 heteroatoms. The lowest BCUT2D eigenvalue weighted by molar-refractivity contribution is -0.133. The minimum absolute atomic E-state index is 0.0263. The molecule has 0 bridgehead atoms. The van der Waals surface area contributed by atoms with Gasteiger partial charge in [0, 0.05) is 30.4 Å². The van der Waals surface area contributed by atoms with Gasteiger partial charge < -0.3 is 20.3 Å². The first kappa shape index (κ1) is 16.3. The number of benzene rings is 1. The van der Waals surface area contributed by atoms with E-state index in [0.717, 1.165) is 11.4 Å². The molecular weight excluding hydrogens is 282 g/mol. The van der Waals surface area contributed by atoms with Crippen molar-refractivity contribution in [3.05, 3.63) is 24.3 Å². The van der Waals surface area contributed by atoms with Crippen LogP contribution in [0, 0.1) is 5.92 Å². The Kier molecular flexibility index (Phi) is 5.77. The fraction of sp³-hybridized carbons (Fsp3) is 0.500. The number of morpholine rings is 1. The van der Waals surface area contributed by atoms with Crippen LogP contribution in [0.15, 0.2) is 24.3 Å². The largest absolute Gasteiger partial charge is 0.378 e. The van der Waals surface area contributed by atoms with Crippen molar-refractivity contribution in [3.63, 3.8) is 0 Å². The molecule has 22 heavy (non-hydrogen) atoms. The molecule has 0 atom stereocenters. The summed E-state index contributed by atoms with van der Waals surface area (Å²) in [6, 6.07) is 7.37. The van der Waals surface area contributed by atoms with E-state index in [9.17, 15) is 9.59 Å². The summed E-state index contributed by atoms with van der Waals surface area (Å²) in [5, 5.41) is 5.94. The van der Waals surface area contributed by atoms with Gasteiger partial charge >= 0.3 is 0 Å². The highest BCUT2D eigenvalue weighted by Gasteiger charge is 2.16. The van der Waals surface area contributed by atoms with Crippen LogP contribution in [0.5, 0.6) is 0 Å². The van der Waals surface area contributed by atoms with Gasteiger partial charge in [-0.1, -0.05) is 19.9 Å². The second kappa shape index (κ2) is 7.79. The summed E-state index contributed by atoms with van der Waals surface area (Å²) in [5.74, 6) is -0.0408. The molecule has 0 spiro atoms. The van der Waals surface area contributed by atoms with Gasteiger partial charge in [0.1, 0.15) is 0 Å². The molecule has 1 aromatic rings. The van der Waals surface area contributed by atoms with Gasteiger partial charge in [0.25, 0.3) is 0 Å². The van der Waals surface area contributed by atoms with Crippen LogP contribution in [-0.4, -0.2) is 49.6 Å². The van der Waals surface area contributed by atoms with Gasteiger partial charge in [-0.2, -0.15) is 0 Å². The molecule has 2 N–H and O–H groups in total. The maximum absolute atomic E-state index is 12.1.